The van der Waals surface area contributed by atoms with Gasteiger partial charge in [0.15, 0.2) is 0 Å². The summed E-state index contributed by atoms with van der Waals surface area (Å²) in [6, 6.07) is 18.4. The van der Waals surface area contributed by atoms with E-state index in [0.29, 0.717) is 0 Å². The van der Waals surface area contributed by atoms with Crippen molar-refractivity contribution in [3.63, 3.8) is 0 Å². The van der Waals surface area contributed by atoms with E-state index in [4.69, 9.17) is 4.42 Å². The number of aliphatic hydroxyl groups excluding tert-OH is 1. The Morgan fingerprint density at radius 2 is 1.82 bits per heavy atom. The molecule has 1 heterocycles. The highest BCUT2D eigenvalue weighted by Gasteiger charge is 2.15. The molecule has 0 saturated carbocycles. The molecule has 0 spiro atoms. The molecule has 0 aliphatic heterocycles. The highest BCUT2D eigenvalue weighted by Crippen LogP contribution is 2.26. The monoisotopic (exact) mass is 295 g/mol. The number of furan rings is 1. The summed E-state index contributed by atoms with van der Waals surface area (Å²) >= 11 is 0. The van der Waals surface area contributed by atoms with E-state index < -0.39 is 0 Å². The van der Waals surface area contributed by atoms with Gasteiger partial charge in [0.1, 0.15) is 11.3 Å². The molecule has 0 aliphatic rings. The van der Waals surface area contributed by atoms with E-state index in [1.807, 2.05) is 36.4 Å². The molecule has 1 aromatic heterocycles. The van der Waals surface area contributed by atoms with Crippen molar-refractivity contribution in [1.29, 1.82) is 0 Å². The van der Waals surface area contributed by atoms with Gasteiger partial charge in [0, 0.05) is 11.4 Å². The molecular formula is C19H21NO2. The Balaban J connectivity index is 1.76. The van der Waals surface area contributed by atoms with Crippen LogP contribution >= 0.6 is 0 Å². The van der Waals surface area contributed by atoms with Crippen molar-refractivity contribution in [3.05, 3.63) is 71.5 Å². The van der Waals surface area contributed by atoms with Crippen LogP contribution in [0.25, 0.3) is 11.0 Å². The number of para-hydroxylation sites is 1. The topological polar surface area (TPSA) is 45.4 Å². The van der Waals surface area contributed by atoms with Crippen molar-refractivity contribution >= 4 is 11.0 Å². The standard InChI is InChI=1S/C19H21NO2/c1-13(16-8-5-6-15(10-16)12-21)20-14(2)19-11-17-7-3-4-9-18(17)22-19/h3-11,13-14,20-21H,12H2,1-2H3. The summed E-state index contributed by atoms with van der Waals surface area (Å²) in [6.45, 7) is 4.29. The third-order valence-electron chi connectivity index (χ3n) is 4.00. The summed E-state index contributed by atoms with van der Waals surface area (Å²) in [5.41, 5.74) is 3.01. The number of rotatable bonds is 5. The van der Waals surface area contributed by atoms with Gasteiger partial charge in [-0.3, -0.25) is 0 Å². The quantitative estimate of drug-likeness (QED) is 0.736. The summed E-state index contributed by atoms with van der Waals surface area (Å²) < 4.78 is 5.91. The Labute approximate surface area is 130 Å². The average Bonchev–Trinajstić information content (AvgIpc) is 2.99. The number of nitrogens with one attached hydrogen (secondary N) is 1. The van der Waals surface area contributed by atoms with Gasteiger partial charge in [0.25, 0.3) is 0 Å². The lowest BCUT2D eigenvalue weighted by molar-refractivity contribution is 0.281. The minimum Gasteiger partial charge on any atom is -0.459 e. The molecule has 2 aromatic carbocycles. The van der Waals surface area contributed by atoms with E-state index in [0.717, 1.165) is 27.9 Å². The second kappa shape index (κ2) is 6.34. The smallest absolute Gasteiger partial charge is 0.134 e. The average molecular weight is 295 g/mol. The number of hydrogen-bond acceptors (Lipinski definition) is 3. The summed E-state index contributed by atoms with van der Waals surface area (Å²) in [6.07, 6.45) is 0. The minimum absolute atomic E-state index is 0.0691. The Kier molecular flexibility index (Phi) is 4.27. The van der Waals surface area contributed by atoms with Gasteiger partial charge in [0.2, 0.25) is 0 Å². The van der Waals surface area contributed by atoms with Crippen LogP contribution in [0.4, 0.5) is 0 Å². The molecule has 114 valence electrons. The Bertz CT molecular complexity index is 730. The van der Waals surface area contributed by atoms with Crippen LogP contribution in [0.3, 0.4) is 0 Å². The zero-order valence-electron chi connectivity index (χ0n) is 12.9. The Morgan fingerprint density at radius 1 is 1.00 bits per heavy atom. The van der Waals surface area contributed by atoms with Crippen LogP contribution in [0.15, 0.2) is 59.0 Å². The molecule has 3 aromatic rings. The first-order valence-corrected chi connectivity index (χ1v) is 7.61. The van der Waals surface area contributed by atoms with Crippen molar-refractivity contribution in [2.75, 3.05) is 0 Å². The van der Waals surface area contributed by atoms with Crippen molar-refractivity contribution in [2.45, 2.75) is 32.5 Å². The van der Waals surface area contributed by atoms with Crippen LogP contribution in [0.1, 0.15) is 42.8 Å². The second-order valence-electron chi connectivity index (χ2n) is 5.70. The second-order valence-corrected chi connectivity index (χ2v) is 5.70. The van der Waals surface area contributed by atoms with E-state index in [9.17, 15) is 5.11 Å². The molecule has 22 heavy (non-hydrogen) atoms. The number of aliphatic hydroxyl groups is 1. The van der Waals surface area contributed by atoms with Crippen molar-refractivity contribution in [2.24, 2.45) is 0 Å². The van der Waals surface area contributed by atoms with Gasteiger partial charge >= 0.3 is 0 Å². The SMILES string of the molecule is CC(NC(C)c1cc2ccccc2o1)c1cccc(CO)c1. The van der Waals surface area contributed by atoms with Gasteiger partial charge in [-0.05, 0) is 37.1 Å². The first-order valence-electron chi connectivity index (χ1n) is 7.61. The summed E-state index contributed by atoms with van der Waals surface area (Å²) in [5.74, 6) is 0.936. The Morgan fingerprint density at radius 3 is 2.59 bits per heavy atom. The van der Waals surface area contributed by atoms with Crippen molar-refractivity contribution in [3.8, 4) is 0 Å². The minimum atomic E-state index is 0.0691. The molecule has 2 atom stereocenters. The van der Waals surface area contributed by atoms with Crippen LogP contribution in [0.5, 0.6) is 0 Å². The molecule has 2 unspecified atom stereocenters. The molecule has 0 aliphatic carbocycles. The maximum Gasteiger partial charge on any atom is 0.134 e. The molecule has 3 heteroatoms. The molecular weight excluding hydrogens is 274 g/mol. The molecule has 0 radical (unpaired) electrons. The fraction of sp³-hybridized carbons (Fsp3) is 0.263. The van der Waals surface area contributed by atoms with Crippen LogP contribution < -0.4 is 5.32 Å². The molecule has 0 saturated heterocycles. The molecule has 2 N–H and O–H groups in total. The fourth-order valence-electron chi connectivity index (χ4n) is 2.73. The summed E-state index contributed by atoms with van der Waals surface area (Å²) in [5, 5.41) is 13.9. The lowest BCUT2D eigenvalue weighted by Crippen LogP contribution is -2.22. The van der Waals surface area contributed by atoms with Crippen molar-refractivity contribution < 1.29 is 9.52 Å². The van der Waals surface area contributed by atoms with Crippen LogP contribution in [0.2, 0.25) is 0 Å². The van der Waals surface area contributed by atoms with E-state index in [1.54, 1.807) is 0 Å². The largest absolute Gasteiger partial charge is 0.459 e. The van der Waals surface area contributed by atoms with Gasteiger partial charge < -0.3 is 14.8 Å². The number of hydrogen-bond donors (Lipinski definition) is 2. The van der Waals surface area contributed by atoms with E-state index in [1.165, 1.54) is 0 Å². The van der Waals surface area contributed by atoms with Crippen LogP contribution in [-0.4, -0.2) is 5.11 Å². The third-order valence-corrected chi connectivity index (χ3v) is 4.00. The van der Waals surface area contributed by atoms with Crippen molar-refractivity contribution in [1.82, 2.24) is 5.32 Å². The number of fused-ring (bicyclic) bond motifs is 1. The van der Waals surface area contributed by atoms with E-state index in [-0.39, 0.29) is 18.7 Å². The first kappa shape index (κ1) is 14.8. The normalized spacial score (nSPS) is 14.1. The summed E-state index contributed by atoms with van der Waals surface area (Å²) in [4.78, 5) is 0. The van der Waals surface area contributed by atoms with E-state index in [2.05, 4.69) is 37.4 Å². The zero-order chi connectivity index (χ0) is 15.5. The highest BCUT2D eigenvalue weighted by molar-refractivity contribution is 5.77. The highest BCUT2D eigenvalue weighted by atomic mass is 16.3. The van der Waals surface area contributed by atoms with Gasteiger partial charge in [-0.1, -0.05) is 42.5 Å². The third kappa shape index (κ3) is 3.06. The fourth-order valence-corrected chi connectivity index (χ4v) is 2.73. The molecule has 0 bridgehead atoms. The van der Waals surface area contributed by atoms with Crippen LogP contribution in [0, 0.1) is 0 Å². The predicted molar refractivity (Wildman–Crippen MR) is 88.5 cm³/mol. The molecule has 0 amide bonds. The van der Waals surface area contributed by atoms with Gasteiger partial charge in [-0.15, -0.1) is 0 Å². The lowest BCUT2D eigenvalue weighted by atomic mass is 10.0. The zero-order valence-corrected chi connectivity index (χ0v) is 12.9. The maximum atomic E-state index is 9.25. The summed E-state index contributed by atoms with van der Waals surface area (Å²) in [7, 11) is 0. The van der Waals surface area contributed by atoms with Gasteiger partial charge in [-0.25, -0.2) is 0 Å². The van der Waals surface area contributed by atoms with Gasteiger partial charge in [-0.2, -0.15) is 0 Å². The Hall–Kier alpha value is -2.10. The molecule has 3 nitrogen and oxygen atoms in total. The van der Waals surface area contributed by atoms with E-state index >= 15 is 0 Å². The molecule has 0 fully saturated rings. The van der Waals surface area contributed by atoms with Crippen LogP contribution in [-0.2, 0) is 6.61 Å². The lowest BCUT2D eigenvalue weighted by Gasteiger charge is -2.19. The van der Waals surface area contributed by atoms with Gasteiger partial charge in [0.05, 0.1) is 12.6 Å². The molecule has 3 rings (SSSR count). The first-order chi connectivity index (χ1) is 10.7. The number of benzene rings is 2. The predicted octanol–water partition coefficient (Wildman–Crippen LogP) is 4.34. The maximum absolute atomic E-state index is 9.25.